The van der Waals surface area contributed by atoms with Gasteiger partial charge >= 0.3 is 0 Å². The summed E-state index contributed by atoms with van der Waals surface area (Å²) in [7, 11) is 0. The summed E-state index contributed by atoms with van der Waals surface area (Å²) in [5, 5.41) is 3.34. The van der Waals surface area contributed by atoms with E-state index in [0.717, 1.165) is 34.5 Å². The van der Waals surface area contributed by atoms with E-state index in [4.69, 9.17) is 0 Å². The van der Waals surface area contributed by atoms with Crippen molar-refractivity contribution in [2.75, 3.05) is 10.2 Å². The van der Waals surface area contributed by atoms with E-state index in [1.54, 1.807) is 12.1 Å². The van der Waals surface area contributed by atoms with Crippen LogP contribution in [0.3, 0.4) is 0 Å². The number of carbonyl (C=O) groups excluding carboxylic acids is 1. The molecule has 1 amide bonds. The Labute approximate surface area is 171 Å². The summed E-state index contributed by atoms with van der Waals surface area (Å²) in [5.41, 5.74) is 5.73. The lowest BCUT2D eigenvalue weighted by Gasteiger charge is -2.17. The number of nitrogens with zero attached hydrogens (tertiary/aromatic N) is 1. The number of hydrogen-bond donors (Lipinski definition) is 1. The maximum absolute atomic E-state index is 13.2. The first-order valence-corrected chi connectivity index (χ1v) is 10.1. The molecule has 1 N–H and O–H groups in total. The SMILES string of the molecule is CCC(C)c1ccc(N2Cc3cccc(NCc4ccc(F)cc4)c3C2=O)cc1. The Hall–Kier alpha value is -3.14. The van der Waals surface area contributed by atoms with Gasteiger partial charge in [0.15, 0.2) is 0 Å². The molecule has 0 bridgehead atoms. The largest absolute Gasteiger partial charge is 0.380 e. The number of halogens is 1. The predicted molar refractivity (Wildman–Crippen MR) is 116 cm³/mol. The highest BCUT2D eigenvalue weighted by Crippen LogP contribution is 2.33. The third kappa shape index (κ3) is 3.88. The zero-order chi connectivity index (χ0) is 20.4. The van der Waals surface area contributed by atoms with Gasteiger partial charge in [-0.2, -0.15) is 0 Å². The summed E-state index contributed by atoms with van der Waals surface area (Å²) in [5.74, 6) is 0.274. The van der Waals surface area contributed by atoms with Crippen LogP contribution in [0.2, 0.25) is 0 Å². The minimum atomic E-state index is -0.250. The van der Waals surface area contributed by atoms with Crippen LogP contribution in [0.1, 0.15) is 53.2 Å². The van der Waals surface area contributed by atoms with E-state index in [1.165, 1.54) is 17.7 Å². The van der Waals surface area contributed by atoms with Crippen LogP contribution in [0.15, 0.2) is 66.7 Å². The van der Waals surface area contributed by atoms with Crippen molar-refractivity contribution in [2.24, 2.45) is 0 Å². The molecule has 1 unspecified atom stereocenters. The van der Waals surface area contributed by atoms with Crippen LogP contribution < -0.4 is 10.2 Å². The fourth-order valence-corrected chi connectivity index (χ4v) is 3.74. The second-order valence-corrected chi connectivity index (χ2v) is 7.61. The highest BCUT2D eigenvalue weighted by Gasteiger charge is 2.30. The molecule has 3 aromatic carbocycles. The molecule has 0 saturated carbocycles. The van der Waals surface area contributed by atoms with Crippen LogP contribution in [0.4, 0.5) is 15.8 Å². The van der Waals surface area contributed by atoms with Crippen LogP contribution in [0.5, 0.6) is 0 Å². The lowest BCUT2D eigenvalue weighted by Crippen LogP contribution is -2.23. The Balaban J connectivity index is 1.54. The molecular formula is C25H25FN2O. The number of carbonyl (C=O) groups is 1. The molecule has 0 radical (unpaired) electrons. The lowest BCUT2D eigenvalue weighted by molar-refractivity contribution is 0.0997. The first kappa shape index (κ1) is 19.2. The summed E-state index contributed by atoms with van der Waals surface area (Å²) < 4.78 is 13.1. The Morgan fingerprint density at radius 2 is 1.76 bits per heavy atom. The first-order chi connectivity index (χ1) is 14.1. The van der Waals surface area contributed by atoms with Crippen molar-refractivity contribution in [3.8, 4) is 0 Å². The summed E-state index contributed by atoms with van der Waals surface area (Å²) in [4.78, 5) is 15.0. The zero-order valence-corrected chi connectivity index (χ0v) is 16.8. The molecular weight excluding hydrogens is 363 g/mol. The topological polar surface area (TPSA) is 32.3 Å². The lowest BCUT2D eigenvalue weighted by atomic mass is 9.98. The minimum absolute atomic E-state index is 0.0125. The smallest absolute Gasteiger partial charge is 0.261 e. The minimum Gasteiger partial charge on any atom is -0.380 e. The van der Waals surface area contributed by atoms with Crippen molar-refractivity contribution >= 4 is 17.3 Å². The highest BCUT2D eigenvalue weighted by atomic mass is 19.1. The molecule has 1 atom stereocenters. The van der Waals surface area contributed by atoms with Gasteiger partial charge in [-0.05, 0) is 59.4 Å². The maximum Gasteiger partial charge on any atom is 0.261 e. The Morgan fingerprint density at radius 1 is 1.03 bits per heavy atom. The second kappa shape index (κ2) is 8.08. The van der Waals surface area contributed by atoms with Crippen molar-refractivity contribution in [1.29, 1.82) is 0 Å². The van der Waals surface area contributed by atoms with Crippen molar-refractivity contribution in [1.82, 2.24) is 0 Å². The molecule has 1 aliphatic rings. The third-order valence-electron chi connectivity index (χ3n) is 5.72. The van der Waals surface area contributed by atoms with E-state index < -0.39 is 0 Å². The van der Waals surface area contributed by atoms with E-state index in [0.29, 0.717) is 19.0 Å². The zero-order valence-electron chi connectivity index (χ0n) is 16.8. The second-order valence-electron chi connectivity index (χ2n) is 7.61. The van der Waals surface area contributed by atoms with Crippen molar-refractivity contribution in [3.05, 3.63) is 94.8 Å². The van der Waals surface area contributed by atoms with E-state index in [-0.39, 0.29) is 11.7 Å². The van der Waals surface area contributed by atoms with Crippen LogP contribution in [0, 0.1) is 5.82 Å². The van der Waals surface area contributed by atoms with Crippen LogP contribution in [-0.2, 0) is 13.1 Å². The van der Waals surface area contributed by atoms with E-state index >= 15 is 0 Å². The number of anilines is 2. The van der Waals surface area contributed by atoms with Gasteiger partial charge in [0.05, 0.1) is 12.1 Å². The monoisotopic (exact) mass is 388 g/mol. The van der Waals surface area contributed by atoms with Crippen molar-refractivity contribution < 1.29 is 9.18 Å². The molecule has 1 heterocycles. The number of hydrogen-bond acceptors (Lipinski definition) is 2. The number of fused-ring (bicyclic) bond motifs is 1. The third-order valence-corrected chi connectivity index (χ3v) is 5.72. The molecule has 0 saturated heterocycles. The summed E-state index contributed by atoms with van der Waals surface area (Å²) in [6.07, 6.45) is 1.09. The van der Waals surface area contributed by atoms with Crippen LogP contribution in [-0.4, -0.2) is 5.91 Å². The van der Waals surface area contributed by atoms with Gasteiger partial charge in [0, 0.05) is 17.9 Å². The Bertz CT molecular complexity index is 1010. The molecule has 4 rings (SSSR count). The maximum atomic E-state index is 13.2. The van der Waals surface area contributed by atoms with Crippen LogP contribution >= 0.6 is 0 Å². The van der Waals surface area contributed by atoms with Gasteiger partial charge < -0.3 is 10.2 Å². The Morgan fingerprint density at radius 3 is 2.45 bits per heavy atom. The van der Waals surface area contributed by atoms with Gasteiger partial charge in [-0.15, -0.1) is 0 Å². The van der Waals surface area contributed by atoms with Gasteiger partial charge in [-0.25, -0.2) is 4.39 Å². The first-order valence-electron chi connectivity index (χ1n) is 10.1. The number of benzene rings is 3. The fraction of sp³-hybridized carbons (Fsp3) is 0.240. The van der Waals surface area contributed by atoms with Gasteiger partial charge in [-0.3, -0.25) is 4.79 Å². The number of rotatable bonds is 6. The van der Waals surface area contributed by atoms with Gasteiger partial charge in [-0.1, -0.05) is 50.2 Å². The average Bonchev–Trinajstić information content (AvgIpc) is 3.10. The van der Waals surface area contributed by atoms with Crippen molar-refractivity contribution in [2.45, 2.75) is 39.3 Å². The molecule has 0 aromatic heterocycles. The van der Waals surface area contributed by atoms with E-state index in [2.05, 4.69) is 31.3 Å². The fourth-order valence-electron chi connectivity index (χ4n) is 3.74. The molecule has 0 aliphatic carbocycles. The molecule has 4 heteroatoms. The number of nitrogens with one attached hydrogen (secondary N) is 1. The normalized spacial score (nSPS) is 14.0. The summed E-state index contributed by atoms with van der Waals surface area (Å²) in [6, 6.07) is 20.6. The molecule has 3 aromatic rings. The predicted octanol–water partition coefficient (Wildman–Crippen LogP) is 6.11. The van der Waals surface area contributed by atoms with Crippen molar-refractivity contribution in [3.63, 3.8) is 0 Å². The summed E-state index contributed by atoms with van der Waals surface area (Å²) in [6.45, 7) is 5.50. The Kier molecular flexibility index (Phi) is 5.34. The molecule has 29 heavy (non-hydrogen) atoms. The number of amides is 1. The van der Waals surface area contributed by atoms with Gasteiger partial charge in [0.25, 0.3) is 5.91 Å². The van der Waals surface area contributed by atoms with Gasteiger partial charge in [0.1, 0.15) is 5.82 Å². The molecule has 0 spiro atoms. The molecule has 1 aliphatic heterocycles. The highest BCUT2D eigenvalue weighted by molar-refractivity contribution is 6.13. The van der Waals surface area contributed by atoms with E-state index in [9.17, 15) is 9.18 Å². The van der Waals surface area contributed by atoms with Gasteiger partial charge in [0.2, 0.25) is 0 Å². The molecule has 0 fully saturated rings. The summed E-state index contributed by atoms with van der Waals surface area (Å²) >= 11 is 0. The standard InChI is InChI=1S/C25H25FN2O/c1-3-17(2)19-9-13-22(14-10-19)28-16-20-5-4-6-23(24(20)25(28)29)27-15-18-7-11-21(26)12-8-18/h4-14,17,27H,3,15-16H2,1-2H3. The molecule has 3 nitrogen and oxygen atoms in total. The quantitative estimate of drug-likeness (QED) is 0.552. The molecule has 148 valence electrons. The van der Waals surface area contributed by atoms with Crippen LogP contribution in [0.25, 0.3) is 0 Å². The average molecular weight is 388 g/mol. The van der Waals surface area contributed by atoms with E-state index in [1.807, 2.05) is 35.2 Å².